The van der Waals surface area contributed by atoms with E-state index in [1.807, 2.05) is 6.92 Å². The summed E-state index contributed by atoms with van der Waals surface area (Å²) in [6.45, 7) is 2.70. The summed E-state index contributed by atoms with van der Waals surface area (Å²) >= 11 is 0. The minimum atomic E-state index is -3.64. The van der Waals surface area contributed by atoms with Crippen molar-refractivity contribution in [3.63, 3.8) is 0 Å². The van der Waals surface area contributed by atoms with Crippen LogP contribution >= 0.6 is 0 Å². The largest absolute Gasteiger partial charge is 0.398 e. The van der Waals surface area contributed by atoms with Crippen LogP contribution in [0, 0.1) is 5.92 Å². The molecule has 0 radical (unpaired) electrons. The number of rotatable bonds is 6. The van der Waals surface area contributed by atoms with Gasteiger partial charge in [0.1, 0.15) is 4.90 Å². The molecule has 0 saturated carbocycles. The smallest absolute Gasteiger partial charge is 0.242 e. The van der Waals surface area contributed by atoms with E-state index in [0.29, 0.717) is 29.7 Å². The lowest BCUT2D eigenvalue weighted by molar-refractivity contribution is 0.161. The normalized spacial score (nSPS) is 13.4. The second kappa shape index (κ2) is 6.38. The van der Waals surface area contributed by atoms with E-state index in [0.717, 1.165) is 0 Å². The number of fused-ring (bicyclic) bond motifs is 1. The summed E-state index contributed by atoms with van der Waals surface area (Å²) in [5.41, 5.74) is 6.74. The van der Waals surface area contributed by atoms with Crippen LogP contribution in [0.1, 0.15) is 6.92 Å². The van der Waals surface area contributed by atoms with E-state index in [1.165, 1.54) is 6.07 Å². The Bertz CT molecular complexity index is 731. The molecule has 1 aromatic heterocycles. The number of ether oxygens (including phenoxy) is 1. The summed E-state index contributed by atoms with van der Waals surface area (Å²) in [5.74, 6) is 0.0813. The average molecular weight is 309 g/mol. The number of nitrogens with one attached hydrogen (secondary N) is 1. The molecule has 2 rings (SSSR count). The Labute approximate surface area is 124 Å². The standard InChI is InChI=1S/C14H19N3O3S/c1-10(9-20-2)8-17-21(18,19)13-6-5-12(15)11-4-3-7-16-14(11)13/h3-7,10,17H,8-9,15H2,1-2H3. The highest BCUT2D eigenvalue weighted by Gasteiger charge is 2.19. The van der Waals surface area contributed by atoms with Gasteiger partial charge in [0.25, 0.3) is 0 Å². The van der Waals surface area contributed by atoms with Gasteiger partial charge < -0.3 is 10.5 Å². The van der Waals surface area contributed by atoms with Crippen molar-refractivity contribution < 1.29 is 13.2 Å². The molecule has 0 fully saturated rings. The van der Waals surface area contributed by atoms with Gasteiger partial charge in [0.05, 0.1) is 5.52 Å². The number of methoxy groups -OCH3 is 1. The molecule has 0 bridgehead atoms. The lowest BCUT2D eigenvalue weighted by atomic mass is 10.2. The predicted molar refractivity (Wildman–Crippen MR) is 82.4 cm³/mol. The van der Waals surface area contributed by atoms with Gasteiger partial charge in [-0.3, -0.25) is 4.98 Å². The zero-order valence-corrected chi connectivity index (χ0v) is 12.9. The number of benzene rings is 1. The third kappa shape index (κ3) is 3.49. The van der Waals surface area contributed by atoms with E-state index in [2.05, 4.69) is 9.71 Å². The second-order valence-corrected chi connectivity index (χ2v) is 6.70. The Hall–Kier alpha value is -1.70. The number of pyridine rings is 1. The Kier molecular flexibility index (Phi) is 4.76. The maximum absolute atomic E-state index is 12.4. The molecule has 21 heavy (non-hydrogen) atoms. The third-order valence-electron chi connectivity index (χ3n) is 3.13. The summed E-state index contributed by atoms with van der Waals surface area (Å²) < 4.78 is 32.4. The van der Waals surface area contributed by atoms with Crippen molar-refractivity contribution in [1.82, 2.24) is 9.71 Å². The first kappa shape index (κ1) is 15.7. The lowest BCUT2D eigenvalue weighted by Crippen LogP contribution is -2.30. The first-order chi connectivity index (χ1) is 9.95. The van der Waals surface area contributed by atoms with E-state index in [1.54, 1.807) is 31.5 Å². The van der Waals surface area contributed by atoms with Gasteiger partial charge in [0.15, 0.2) is 0 Å². The van der Waals surface area contributed by atoms with E-state index in [-0.39, 0.29) is 10.8 Å². The molecule has 1 heterocycles. The van der Waals surface area contributed by atoms with Crippen molar-refractivity contribution >= 4 is 26.6 Å². The van der Waals surface area contributed by atoms with Gasteiger partial charge in [0, 0.05) is 37.5 Å². The van der Waals surface area contributed by atoms with Crippen molar-refractivity contribution in [2.75, 3.05) is 26.0 Å². The van der Waals surface area contributed by atoms with Crippen molar-refractivity contribution in [1.29, 1.82) is 0 Å². The number of hydrogen-bond donors (Lipinski definition) is 2. The molecule has 114 valence electrons. The molecule has 0 saturated heterocycles. The number of sulfonamides is 1. The molecule has 0 spiro atoms. The Balaban J connectivity index is 2.35. The van der Waals surface area contributed by atoms with Gasteiger partial charge in [-0.05, 0) is 30.2 Å². The minimum absolute atomic E-state index is 0.0813. The molecule has 0 aliphatic rings. The van der Waals surface area contributed by atoms with Crippen LogP contribution in [0.25, 0.3) is 10.9 Å². The third-order valence-corrected chi connectivity index (χ3v) is 4.58. The fourth-order valence-electron chi connectivity index (χ4n) is 2.06. The minimum Gasteiger partial charge on any atom is -0.398 e. The monoisotopic (exact) mass is 309 g/mol. The highest BCUT2D eigenvalue weighted by molar-refractivity contribution is 7.89. The van der Waals surface area contributed by atoms with Gasteiger partial charge in [0.2, 0.25) is 10.0 Å². The highest BCUT2D eigenvalue weighted by Crippen LogP contribution is 2.25. The van der Waals surface area contributed by atoms with E-state index in [4.69, 9.17) is 10.5 Å². The number of hydrogen-bond acceptors (Lipinski definition) is 5. The molecule has 7 heteroatoms. The summed E-state index contributed by atoms with van der Waals surface area (Å²) in [6.07, 6.45) is 1.55. The Morgan fingerprint density at radius 3 is 2.86 bits per heavy atom. The zero-order valence-electron chi connectivity index (χ0n) is 12.0. The molecule has 1 unspecified atom stereocenters. The SMILES string of the molecule is COCC(C)CNS(=O)(=O)c1ccc(N)c2cccnc12. The summed E-state index contributed by atoms with van der Waals surface area (Å²) in [4.78, 5) is 4.28. The van der Waals surface area contributed by atoms with E-state index < -0.39 is 10.0 Å². The quantitative estimate of drug-likeness (QED) is 0.786. The molecule has 6 nitrogen and oxygen atoms in total. The molecule has 1 aromatic carbocycles. The van der Waals surface area contributed by atoms with Gasteiger partial charge in [-0.2, -0.15) is 0 Å². The van der Waals surface area contributed by atoms with Crippen LogP contribution < -0.4 is 10.5 Å². The van der Waals surface area contributed by atoms with Crippen LogP contribution in [0.3, 0.4) is 0 Å². The molecule has 0 aliphatic heterocycles. The number of nitrogens with two attached hydrogens (primary N) is 1. The molecule has 0 amide bonds. The predicted octanol–water partition coefficient (Wildman–Crippen LogP) is 1.38. The number of nitrogens with zero attached hydrogens (tertiary/aromatic N) is 1. The molecule has 0 aliphatic carbocycles. The summed E-state index contributed by atoms with van der Waals surface area (Å²) in [7, 11) is -2.05. The first-order valence-electron chi connectivity index (χ1n) is 6.57. The Morgan fingerprint density at radius 2 is 2.14 bits per heavy atom. The summed E-state index contributed by atoms with van der Waals surface area (Å²) in [5, 5.41) is 0.630. The molecule has 2 aromatic rings. The number of anilines is 1. The second-order valence-electron chi connectivity index (χ2n) is 4.96. The van der Waals surface area contributed by atoms with Crippen LogP contribution in [-0.4, -0.2) is 33.7 Å². The maximum Gasteiger partial charge on any atom is 0.242 e. The first-order valence-corrected chi connectivity index (χ1v) is 8.06. The van der Waals surface area contributed by atoms with Gasteiger partial charge >= 0.3 is 0 Å². The average Bonchev–Trinajstić information content (AvgIpc) is 2.46. The zero-order chi connectivity index (χ0) is 15.5. The Morgan fingerprint density at radius 1 is 1.38 bits per heavy atom. The van der Waals surface area contributed by atoms with Crippen molar-refractivity contribution in [3.05, 3.63) is 30.5 Å². The fraction of sp³-hybridized carbons (Fsp3) is 0.357. The van der Waals surface area contributed by atoms with Crippen LogP contribution in [0.4, 0.5) is 5.69 Å². The van der Waals surface area contributed by atoms with Crippen LogP contribution in [0.5, 0.6) is 0 Å². The van der Waals surface area contributed by atoms with E-state index in [9.17, 15) is 8.42 Å². The van der Waals surface area contributed by atoms with Crippen molar-refractivity contribution in [2.45, 2.75) is 11.8 Å². The molecular weight excluding hydrogens is 290 g/mol. The molecule has 3 N–H and O–H groups in total. The summed E-state index contributed by atoms with van der Waals surface area (Å²) in [6, 6.07) is 6.54. The van der Waals surface area contributed by atoms with Crippen LogP contribution in [0.2, 0.25) is 0 Å². The molecular formula is C14H19N3O3S. The van der Waals surface area contributed by atoms with Crippen molar-refractivity contribution in [2.24, 2.45) is 5.92 Å². The van der Waals surface area contributed by atoms with Crippen LogP contribution in [-0.2, 0) is 14.8 Å². The topological polar surface area (TPSA) is 94.3 Å². The van der Waals surface area contributed by atoms with Crippen LogP contribution in [0.15, 0.2) is 35.4 Å². The highest BCUT2D eigenvalue weighted by atomic mass is 32.2. The number of nitrogen functional groups attached to an aromatic ring is 1. The fourth-order valence-corrected chi connectivity index (χ4v) is 3.38. The number of aromatic nitrogens is 1. The van der Waals surface area contributed by atoms with Gasteiger partial charge in [-0.1, -0.05) is 6.92 Å². The maximum atomic E-state index is 12.4. The van der Waals surface area contributed by atoms with Crippen molar-refractivity contribution in [3.8, 4) is 0 Å². The van der Waals surface area contributed by atoms with E-state index >= 15 is 0 Å². The lowest BCUT2D eigenvalue weighted by Gasteiger charge is -2.13. The molecule has 1 atom stereocenters. The van der Waals surface area contributed by atoms with Gasteiger partial charge in [-0.25, -0.2) is 13.1 Å². The van der Waals surface area contributed by atoms with Gasteiger partial charge in [-0.15, -0.1) is 0 Å².